The number of hydrogen-bond donors (Lipinski definition) is 2. The van der Waals surface area contributed by atoms with Gasteiger partial charge >= 0.3 is 0 Å². The Bertz CT molecular complexity index is 277. The Morgan fingerprint density at radius 1 is 1.55 bits per heavy atom. The van der Waals surface area contributed by atoms with Crippen molar-refractivity contribution in [1.82, 2.24) is 5.32 Å². The molecule has 0 saturated heterocycles. The topological polar surface area (TPSA) is 35.9 Å². The van der Waals surface area contributed by atoms with Crippen molar-refractivity contribution < 1.29 is 0 Å². The fourth-order valence-corrected chi connectivity index (χ4v) is 2.17. The predicted molar refractivity (Wildman–Crippen MR) is 47.5 cm³/mol. The van der Waals surface area contributed by atoms with Crippen LogP contribution in [0.2, 0.25) is 0 Å². The van der Waals surface area contributed by atoms with Gasteiger partial charge in [-0.3, -0.25) is 0 Å². The Morgan fingerprint density at radius 3 is 3.36 bits per heavy atom. The molecule has 11 heavy (non-hydrogen) atoms. The first-order valence-electron chi connectivity index (χ1n) is 3.73. The largest absolute Gasteiger partial charge is 0.311 e. The molecule has 0 aromatic carbocycles. The van der Waals surface area contributed by atoms with Crippen LogP contribution in [0.15, 0.2) is 11.4 Å². The van der Waals surface area contributed by atoms with Crippen LogP contribution >= 0.6 is 11.3 Å². The van der Waals surface area contributed by atoms with Crippen molar-refractivity contribution in [3.05, 3.63) is 21.9 Å². The zero-order valence-corrected chi connectivity index (χ0v) is 7.00. The van der Waals surface area contributed by atoms with Crippen LogP contribution in [-0.4, -0.2) is 12.3 Å². The summed E-state index contributed by atoms with van der Waals surface area (Å²) in [5.41, 5.74) is 1.94. The normalized spacial score (nSPS) is 17.6. The maximum atomic E-state index is 7.69. The van der Waals surface area contributed by atoms with E-state index in [1.165, 1.54) is 4.88 Å². The number of nitrogens with one attached hydrogen (secondary N) is 2. The van der Waals surface area contributed by atoms with Crippen LogP contribution in [0.25, 0.3) is 0 Å². The highest BCUT2D eigenvalue weighted by Crippen LogP contribution is 2.19. The molecule has 0 fully saturated rings. The molecule has 0 unspecified atom stereocenters. The minimum Gasteiger partial charge on any atom is -0.311 e. The van der Waals surface area contributed by atoms with Crippen LogP contribution in [0.4, 0.5) is 0 Å². The van der Waals surface area contributed by atoms with Gasteiger partial charge in [0.1, 0.15) is 0 Å². The lowest BCUT2D eigenvalue weighted by Crippen LogP contribution is -2.12. The van der Waals surface area contributed by atoms with E-state index in [1.807, 2.05) is 0 Å². The Balaban J connectivity index is 2.41. The van der Waals surface area contributed by atoms with E-state index in [0.29, 0.717) is 0 Å². The van der Waals surface area contributed by atoms with E-state index in [0.717, 1.165) is 30.8 Å². The van der Waals surface area contributed by atoms with Crippen molar-refractivity contribution in [3.63, 3.8) is 0 Å². The first-order chi connectivity index (χ1) is 5.38. The van der Waals surface area contributed by atoms with Crippen LogP contribution in [0, 0.1) is 5.41 Å². The van der Waals surface area contributed by atoms with E-state index in [-0.39, 0.29) is 0 Å². The van der Waals surface area contributed by atoms with E-state index < -0.39 is 0 Å². The van der Waals surface area contributed by atoms with Crippen LogP contribution in [0.3, 0.4) is 0 Å². The molecule has 2 heterocycles. The summed E-state index contributed by atoms with van der Waals surface area (Å²) in [4.78, 5) is 1.31. The maximum Gasteiger partial charge on any atom is 0.0410 e. The molecule has 2 rings (SSSR count). The standard InChI is InChI=1S/C8H10N2S/c9-7-1-3-10-5-8-6(7)2-4-11-8/h2,4,9-10H,1,3,5H2. The second-order valence-corrected chi connectivity index (χ2v) is 3.66. The highest BCUT2D eigenvalue weighted by atomic mass is 32.1. The van der Waals surface area contributed by atoms with E-state index in [1.54, 1.807) is 11.3 Å². The Labute approximate surface area is 69.8 Å². The maximum absolute atomic E-state index is 7.69. The number of thiophene rings is 1. The molecule has 0 atom stereocenters. The molecule has 2 N–H and O–H groups in total. The van der Waals surface area contributed by atoms with Gasteiger partial charge in [0.2, 0.25) is 0 Å². The van der Waals surface area contributed by atoms with E-state index in [2.05, 4.69) is 16.8 Å². The predicted octanol–water partition coefficient (Wildman–Crippen LogP) is 1.61. The zero-order valence-electron chi connectivity index (χ0n) is 6.18. The summed E-state index contributed by atoms with van der Waals surface area (Å²) < 4.78 is 0. The molecule has 1 aromatic heterocycles. The van der Waals surface area contributed by atoms with Gasteiger partial charge < -0.3 is 10.7 Å². The third-order valence-corrected chi connectivity index (χ3v) is 2.83. The van der Waals surface area contributed by atoms with Gasteiger partial charge in [-0.25, -0.2) is 0 Å². The van der Waals surface area contributed by atoms with Gasteiger partial charge in [0, 0.05) is 35.7 Å². The van der Waals surface area contributed by atoms with E-state index in [4.69, 9.17) is 5.41 Å². The van der Waals surface area contributed by atoms with Gasteiger partial charge in [-0.15, -0.1) is 11.3 Å². The molecule has 0 radical (unpaired) electrons. The Hall–Kier alpha value is -0.670. The molecular weight excluding hydrogens is 156 g/mol. The van der Waals surface area contributed by atoms with Gasteiger partial charge in [-0.2, -0.15) is 0 Å². The van der Waals surface area contributed by atoms with Crippen molar-refractivity contribution in [2.75, 3.05) is 6.54 Å². The van der Waals surface area contributed by atoms with Crippen LogP contribution in [-0.2, 0) is 6.54 Å². The molecule has 1 aliphatic heterocycles. The van der Waals surface area contributed by atoms with Crippen molar-refractivity contribution in [1.29, 1.82) is 5.41 Å². The van der Waals surface area contributed by atoms with Gasteiger partial charge in [0.25, 0.3) is 0 Å². The fraction of sp³-hybridized carbons (Fsp3) is 0.375. The van der Waals surface area contributed by atoms with Crippen molar-refractivity contribution in [2.45, 2.75) is 13.0 Å². The molecule has 58 valence electrons. The quantitative estimate of drug-likeness (QED) is 0.603. The first kappa shape index (κ1) is 7.00. The molecular formula is C8H10N2S. The molecule has 1 aliphatic rings. The summed E-state index contributed by atoms with van der Waals surface area (Å²) in [6, 6.07) is 2.05. The zero-order chi connectivity index (χ0) is 7.68. The fourth-order valence-electron chi connectivity index (χ4n) is 1.30. The monoisotopic (exact) mass is 166 g/mol. The molecule has 0 saturated carbocycles. The summed E-state index contributed by atoms with van der Waals surface area (Å²) >= 11 is 1.74. The second-order valence-electron chi connectivity index (χ2n) is 2.66. The van der Waals surface area contributed by atoms with Crippen LogP contribution in [0.5, 0.6) is 0 Å². The molecule has 0 amide bonds. The van der Waals surface area contributed by atoms with Crippen LogP contribution < -0.4 is 5.32 Å². The first-order valence-corrected chi connectivity index (χ1v) is 4.61. The molecule has 0 aliphatic carbocycles. The average Bonchev–Trinajstić information content (AvgIpc) is 2.40. The second kappa shape index (κ2) is 2.75. The molecule has 0 spiro atoms. The highest BCUT2D eigenvalue weighted by molar-refractivity contribution is 7.10. The third kappa shape index (κ3) is 1.21. The third-order valence-electron chi connectivity index (χ3n) is 1.91. The van der Waals surface area contributed by atoms with E-state index >= 15 is 0 Å². The Kier molecular flexibility index (Phi) is 1.75. The van der Waals surface area contributed by atoms with Gasteiger partial charge in [0.15, 0.2) is 0 Å². The lowest BCUT2D eigenvalue weighted by atomic mass is 10.1. The number of rotatable bonds is 0. The summed E-state index contributed by atoms with van der Waals surface area (Å²) in [6.45, 7) is 1.88. The smallest absolute Gasteiger partial charge is 0.0410 e. The summed E-state index contributed by atoms with van der Waals surface area (Å²) in [7, 11) is 0. The van der Waals surface area contributed by atoms with Gasteiger partial charge in [-0.1, -0.05) is 0 Å². The lowest BCUT2D eigenvalue weighted by Gasteiger charge is -1.95. The highest BCUT2D eigenvalue weighted by Gasteiger charge is 2.11. The Morgan fingerprint density at radius 2 is 2.45 bits per heavy atom. The summed E-state index contributed by atoms with van der Waals surface area (Å²) in [5.74, 6) is 0. The number of fused-ring (bicyclic) bond motifs is 1. The number of hydrogen-bond acceptors (Lipinski definition) is 3. The van der Waals surface area contributed by atoms with Crippen molar-refractivity contribution in [2.24, 2.45) is 0 Å². The minimum atomic E-state index is 0.784. The molecule has 0 bridgehead atoms. The average molecular weight is 166 g/mol. The van der Waals surface area contributed by atoms with E-state index in [9.17, 15) is 0 Å². The summed E-state index contributed by atoms with van der Waals surface area (Å²) in [5, 5.41) is 13.0. The van der Waals surface area contributed by atoms with Crippen LogP contribution in [0.1, 0.15) is 16.9 Å². The summed E-state index contributed by atoms with van der Waals surface area (Å²) in [6.07, 6.45) is 0.865. The van der Waals surface area contributed by atoms with Crippen molar-refractivity contribution in [3.8, 4) is 0 Å². The lowest BCUT2D eigenvalue weighted by molar-refractivity contribution is 0.722. The minimum absolute atomic E-state index is 0.784. The molecule has 3 heteroatoms. The molecule has 2 nitrogen and oxygen atoms in total. The molecule has 1 aromatic rings. The SMILES string of the molecule is N=C1CCNCc2sccc21. The van der Waals surface area contributed by atoms with Crippen molar-refractivity contribution >= 4 is 17.0 Å². The van der Waals surface area contributed by atoms with Gasteiger partial charge in [0.05, 0.1) is 0 Å². The van der Waals surface area contributed by atoms with Gasteiger partial charge in [-0.05, 0) is 11.4 Å².